The number of halogens is 1. The SMILES string of the molecule is COCC1(CNS(=O)(=O)Cc2ccccc2)CCNCC1.Cl. The van der Waals surface area contributed by atoms with Crippen molar-refractivity contribution < 1.29 is 13.2 Å². The second-order valence-electron chi connectivity index (χ2n) is 5.75. The number of benzene rings is 1. The van der Waals surface area contributed by atoms with Gasteiger partial charge in [0.15, 0.2) is 0 Å². The third-order valence-corrected chi connectivity index (χ3v) is 5.28. The van der Waals surface area contributed by atoms with Gasteiger partial charge in [-0.15, -0.1) is 12.4 Å². The Hall–Kier alpha value is -0.660. The van der Waals surface area contributed by atoms with Gasteiger partial charge in [0.25, 0.3) is 0 Å². The molecule has 5 nitrogen and oxygen atoms in total. The average molecular weight is 349 g/mol. The van der Waals surface area contributed by atoms with Gasteiger partial charge in [-0.3, -0.25) is 0 Å². The van der Waals surface area contributed by atoms with E-state index in [0.717, 1.165) is 31.5 Å². The number of sulfonamides is 1. The molecule has 1 aromatic carbocycles. The van der Waals surface area contributed by atoms with Crippen LogP contribution in [-0.2, 0) is 20.5 Å². The van der Waals surface area contributed by atoms with Gasteiger partial charge in [-0.05, 0) is 31.5 Å². The summed E-state index contributed by atoms with van der Waals surface area (Å²) in [5, 5.41) is 3.30. The van der Waals surface area contributed by atoms with Crippen molar-refractivity contribution in [3.63, 3.8) is 0 Å². The van der Waals surface area contributed by atoms with Crippen LogP contribution in [0.2, 0.25) is 0 Å². The Morgan fingerprint density at radius 2 is 1.86 bits per heavy atom. The van der Waals surface area contributed by atoms with Crippen LogP contribution in [0, 0.1) is 5.41 Å². The number of piperidine rings is 1. The zero-order valence-electron chi connectivity index (χ0n) is 12.9. The Morgan fingerprint density at radius 1 is 1.23 bits per heavy atom. The topological polar surface area (TPSA) is 67.4 Å². The molecule has 2 N–H and O–H groups in total. The van der Waals surface area contributed by atoms with Crippen molar-refractivity contribution in [1.82, 2.24) is 10.0 Å². The summed E-state index contributed by atoms with van der Waals surface area (Å²) >= 11 is 0. The largest absolute Gasteiger partial charge is 0.384 e. The maximum absolute atomic E-state index is 12.2. The Kier molecular flexibility index (Phi) is 7.79. The molecule has 7 heteroatoms. The van der Waals surface area contributed by atoms with Crippen LogP contribution in [0.3, 0.4) is 0 Å². The summed E-state index contributed by atoms with van der Waals surface area (Å²) < 4.78 is 32.5. The lowest BCUT2D eigenvalue weighted by Crippen LogP contribution is -2.47. The normalized spacial score (nSPS) is 17.7. The second-order valence-corrected chi connectivity index (χ2v) is 7.56. The van der Waals surface area contributed by atoms with Gasteiger partial charge in [0.05, 0.1) is 12.4 Å². The van der Waals surface area contributed by atoms with E-state index >= 15 is 0 Å². The molecule has 1 aliphatic heterocycles. The van der Waals surface area contributed by atoms with Crippen LogP contribution in [0.15, 0.2) is 30.3 Å². The van der Waals surface area contributed by atoms with Crippen molar-refractivity contribution in [2.24, 2.45) is 5.41 Å². The Bertz CT molecular complexity index is 525. The van der Waals surface area contributed by atoms with Gasteiger partial charge in [-0.25, -0.2) is 13.1 Å². The summed E-state index contributed by atoms with van der Waals surface area (Å²) in [6, 6.07) is 9.24. The maximum atomic E-state index is 12.2. The molecule has 0 aromatic heterocycles. The molecule has 0 radical (unpaired) electrons. The first-order valence-corrected chi connectivity index (χ1v) is 8.91. The number of rotatable bonds is 7. The third-order valence-electron chi connectivity index (χ3n) is 3.98. The zero-order chi connectivity index (χ0) is 15.2. The predicted octanol–water partition coefficient (Wildman–Crippen LogP) is 1.54. The highest BCUT2D eigenvalue weighted by molar-refractivity contribution is 7.88. The highest BCUT2D eigenvalue weighted by Gasteiger charge is 2.33. The van der Waals surface area contributed by atoms with Gasteiger partial charge >= 0.3 is 0 Å². The van der Waals surface area contributed by atoms with E-state index in [-0.39, 0.29) is 23.6 Å². The minimum Gasteiger partial charge on any atom is -0.384 e. The monoisotopic (exact) mass is 348 g/mol. The first-order chi connectivity index (χ1) is 10.1. The molecule has 22 heavy (non-hydrogen) atoms. The van der Waals surface area contributed by atoms with Crippen LogP contribution in [0.4, 0.5) is 0 Å². The lowest BCUT2D eigenvalue weighted by Gasteiger charge is -2.37. The molecule has 0 unspecified atom stereocenters. The van der Waals surface area contributed by atoms with E-state index in [1.165, 1.54) is 0 Å². The van der Waals surface area contributed by atoms with E-state index in [4.69, 9.17) is 4.74 Å². The van der Waals surface area contributed by atoms with Gasteiger partial charge in [0, 0.05) is 19.1 Å². The summed E-state index contributed by atoms with van der Waals surface area (Å²) in [5.74, 6) is 0.0230. The summed E-state index contributed by atoms with van der Waals surface area (Å²) in [6.45, 7) is 2.84. The number of nitrogens with one attached hydrogen (secondary N) is 2. The number of hydrogen-bond acceptors (Lipinski definition) is 4. The molecule has 2 rings (SSSR count). The van der Waals surface area contributed by atoms with E-state index in [9.17, 15) is 8.42 Å². The molecule has 0 bridgehead atoms. The van der Waals surface area contributed by atoms with Crippen molar-refractivity contribution >= 4 is 22.4 Å². The molecular weight excluding hydrogens is 324 g/mol. The maximum Gasteiger partial charge on any atom is 0.215 e. The molecule has 0 spiro atoms. The molecule has 126 valence electrons. The number of methoxy groups -OCH3 is 1. The van der Waals surface area contributed by atoms with Crippen molar-refractivity contribution in [1.29, 1.82) is 0 Å². The van der Waals surface area contributed by atoms with Crippen LogP contribution in [0.1, 0.15) is 18.4 Å². The van der Waals surface area contributed by atoms with Crippen LogP contribution >= 0.6 is 12.4 Å². The summed E-state index contributed by atoms with van der Waals surface area (Å²) in [7, 11) is -1.65. The lowest BCUT2D eigenvalue weighted by atomic mass is 9.80. The molecule has 0 aliphatic carbocycles. The Labute approximate surface area is 139 Å². The first-order valence-electron chi connectivity index (χ1n) is 7.26. The Morgan fingerprint density at radius 3 is 2.45 bits per heavy atom. The molecule has 0 saturated carbocycles. The molecule has 1 aromatic rings. The number of hydrogen-bond donors (Lipinski definition) is 2. The zero-order valence-corrected chi connectivity index (χ0v) is 14.5. The highest BCUT2D eigenvalue weighted by atomic mass is 35.5. The van der Waals surface area contributed by atoms with Crippen LogP contribution in [-0.4, -0.2) is 41.8 Å². The molecule has 1 fully saturated rings. The minimum absolute atomic E-state index is 0. The summed E-state index contributed by atoms with van der Waals surface area (Å²) in [4.78, 5) is 0. The highest BCUT2D eigenvalue weighted by Crippen LogP contribution is 2.28. The van der Waals surface area contributed by atoms with Crippen LogP contribution in [0.5, 0.6) is 0 Å². The Balaban J connectivity index is 0.00000242. The summed E-state index contributed by atoms with van der Waals surface area (Å²) in [6.07, 6.45) is 1.85. The quantitative estimate of drug-likeness (QED) is 0.784. The molecule has 1 saturated heterocycles. The predicted molar refractivity (Wildman–Crippen MR) is 90.7 cm³/mol. The standard InChI is InChI=1S/C15H24N2O3S.ClH/c1-20-13-15(7-9-16-10-8-15)12-17-21(18,19)11-14-5-3-2-4-6-14;/h2-6,16-17H,7-13H2,1H3;1H. The van der Waals surface area contributed by atoms with Crippen molar-refractivity contribution in [3.8, 4) is 0 Å². The second kappa shape index (κ2) is 8.84. The van der Waals surface area contributed by atoms with E-state index in [1.807, 2.05) is 30.3 Å². The molecule has 0 atom stereocenters. The van der Waals surface area contributed by atoms with Crippen LogP contribution < -0.4 is 10.0 Å². The fraction of sp³-hybridized carbons (Fsp3) is 0.600. The van der Waals surface area contributed by atoms with Gasteiger partial charge in [0.2, 0.25) is 10.0 Å². The van der Waals surface area contributed by atoms with E-state index in [0.29, 0.717) is 13.2 Å². The van der Waals surface area contributed by atoms with E-state index in [1.54, 1.807) is 7.11 Å². The van der Waals surface area contributed by atoms with Gasteiger partial charge < -0.3 is 10.1 Å². The molecule has 1 aliphatic rings. The molecule has 0 amide bonds. The fourth-order valence-electron chi connectivity index (χ4n) is 2.74. The molecular formula is C15H25ClN2O3S. The van der Waals surface area contributed by atoms with Crippen molar-refractivity contribution in [2.45, 2.75) is 18.6 Å². The lowest BCUT2D eigenvalue weighted by molar-refractivity contribution is 0.0577. The minimum atomic E-state index is -3.32. The van der Waals surface area contributed by atoms with E-state index in [2.05, 4.69) is 10.0 Å². The van der Waals surface area contributed by atoms with Crippen molar-refractivity contribution in [2.75, 3.05) is 33.4 Å². The molecule has 1 heterocycles. The van der Waals surface area contributed by atoms with Gasteiger partial charge in [0.1, 0.15) is 0 Å². The van der Waals surface area contributed by atoms with Crippen molar-refractivity contribution in [3.05, 3.63) is 35.9 Å². The smallest absolute Gasteiger partial charge is 0.215 e. The third kappa shape index (κ3) is 5.85. The average Bonchev–Trinajstić information content (AvgIpc) is 2.47. The van der Waals surface area contributed by atoms with E-state index < -0.39 is 10.0 Å². The van der Waals surface area contributed by atoms with Gasteiger partial charge in [-0.2, -0.15) is 0 Å². The van der Waals surface area contributed by atoms with Gasteiger partial charge in [-0.1, -0.05) is 30.3 Å². The fourth-order valence-corrected chi connectivity index (χ4v) is 4.00. The first kappa shape index (κ1) is 19.4. The number of ether oxygens (including phenoxy) is 1. The van der Waals surface area contributed by atoms with Crippen LogP contribution in [0.25, 0.3) is 0 Å². The summed E-state index contributed by atoms with van der Waals surface area (Å²) in [5.41, 5.74) is 0.708.